The second-order valence-corrected chi connectivity index (χ2v) is 3.29. The van der Waals surface area contributed by atoms with Crippen molar-refractivity contribution >= 4 is 0 Å². The third kappa shape index (κ3) is 1.89. The summed E-state index contributed by atoms with van der Waals surface area (Å²) in [6.07, 6.45) is 2.17. The molecule has 0 radical (unpaired) electrons. The summed E-state index contributed by atoms with van der Waals surface area (Å²) in [4.78, 5) is 0. The van der Waals surface area contributed by atoms with E-state index in [0.29, 0.717) is 11.7 Å². The average Bonchev–Trinajstić information content (AvgIpc) is 2.67. The molecule has 1 saturated heterocycles. The SMILES string of the molecule is OCc1cc(C2CCCOC2)no1. The molecule has 4 nitrogen and oxygen atoms in total. The van der Waals surface area contributed by atoms with Gasteiger partial charge in [-0.3, -0.25) is 0 Å². The van der Waals surface area contributed by atoms with Crippen molar-refractivity contribution in [3.8, 4) is 0 Å². The van der Waals surface area contributed by atoms with Crippen LogP contribution >= 0.6 is 0 Å². The summed E-state index contributed by atoms with van der Waals surface area (Å²) in [7, 11) is 0. The highest BCUT2D eigenvalue weighted by molar-refractivity contribution is 5.10. The maximum atomic E-state index is 8.78. The Bertz CT molecular complexity index is 266. The Morgan fingerprint density at radius 3 is 3.15 bits per heavy atom. The lowest BCUT2D eigenvalue weighted by Crippen LogP contribution is -2.15. The largest absolute Gasteiger partial charge is 0.388 e. The molecule has 1 atom stereocenters. The van der Waals surface area contributed by atoms with E-state index < -0.39 is 0 Å². The smallest absolute Gasteiger partial charge is 0.162 e. The van der Waals surface area contributed by atoms with Gasteiger partial charge in [-0.1, -0.05) is 5.16 Å². The van der Waals surface area contributed by atoms with Gasteiger partial charge in [0.25, 0.3) is 0 Å². The maximum absolute atomic E-state index is 8.78. The van der Waals surface area contributed by atoms with Gasteiger partial charge in [0, 0.05) is 18.6 Å². The molecule has 4 heteroatoms. The van der Waals surface area contributed by atoms with Crippen LogP contribution in [0, 0.1) is 0 Å². The predicted molar refractivity (Wildman–Crippen MR) is 45.2 cm³/mol. The Kier molecular flexibility index (Phi) is 2.61. The van der Waals surface area contributed by atoms with Gasteiger partial charge in [-0.25, -0.2) is 0 Å². The monoisotopic (exact) mass is 183 g/mol. The summed E-state index contributed by atoms with van der Waals surface area (Å²) >= 11 is 0. The minimum absolute atomic E-state index is 0.0828. The lowest BCUT2D eigenvalue weighted by atomic mass is 9.99. The molecule has 0 aromatic carbocycles. The van der Waals surface area contributed by atoms with Crippen LogP contribution in [0.3, 0.4) is 0 Å². The molecule has 0 spiro atoms. The molecule has 2 rings (SSSR count). The van der Waals surface area contributed by atoms with Gasteiger partial charge in [0.05, 0.1) is 12.3 Å². The number of aromatic nitrogens is 1. The first-order valence-corrected chi connectivity index (χ1v) is 4.54. The van der Waals surface area contributed by atoms with E-state index >= 15 is 0 Å². The molecule has 1 aliphatic heterocycles. The first-order chi connectivity index (χ1) is 6.40. The normalized spacial score (nSPS) is 23.3. The summed E-state index contributed by atoms with van der Waals surface area (Å²) in [5.74, 6) is 0.873. The van der Waals surface area contributed by atoms with Gasteiger partial charge >= 0.3 is 0 Å². The van der Waals surface area contributed by atoms with Crippen LogP contribution in [-0.4, -0.2) is 23.5 Å². The minimum Gasteiger partial charge on any atom is -0.388 e. The molecule has 2 heterocycles. The molecule has 72 valence electrons. The lowest BCUT2D eigenvalue weighted by molar-refractivity contribution is 0.0782. The molecule has 1 aromatic rings. The number of rotatable bonds is 2. The Hall–Kier alpha value is -0.870. The standard InChI is InChI=1S/C9H13NO3/c11-5-8-4-9(10-13-8)7-2-1-3-12-6-7/h4,7,11H,1-3,5-6H2. The van der Waals surface area contributed by atoms with Gasteiger partial charge in [-0.15, -0.1) is 0 Å². The topological polar surface area (TPSA) is 55.5 Å². The number of aliphatic hydroxyl groups is 1. The zero-order valence-corrected chi connectivity index (χ0v) is 7.40. The summed E-state index contributed by atoms with van der Waals surface area (Å²) in [5, 5.41) is 12.7. The lowest BCUT2D eigenvalue weighted by Gasteiger charge is -2.19. The van der Waals surface area contributed by atoms with E-state index in [9.17, 15) is 0 Å². The van der Waals surface area contributed by atoms with Crippen molar-refractivity contribution in [2.24, 2.45) is 0 Å². The van der Waals surface area contributed by atoms with Crippen LogP contribution in [0.1, 0.15) is 30.2 Å². The van der Waals surface area contributed by atoms with E-state index in [1.54, 1.807) is 6.07 Å². The maximum Gasteiger partial charge on any atom is 0.162 e. The fourth-order valence-electron chi connectivity index (χ4n) is 1.57. The van der Waals surface area contributed by atoms with Crippen LogP contribution in [-0.2, 0) is 11.3 Å². The van der Waals surface area contributed by atoms with Crippen LogP contribution in [0.4, 0.5) is 0 Å². The molecule has 1 aromatic heterocycles. The average molecular weight is 183 g/mol. The molecule has 1 N–H and O–H groups in total. The fraction of sp³-hybridized carbons (Fsp3) is 0.667. The van der Waals surface area contributed by atoms with Crippen LogP contribution in [0.15, 0.2) is 10.6 Å². The van der Waals surface area contributed by atoms with Crippen molar-refractivity contribution < 1.29 is 14.4 Å². The molecule has 1 unspecified atom stereocenters. The number of ether oxygens (including phenoxy) is 1. The quantitative estimate of drug-likeness (QED) is 0.744. The number of hydrogen-bond donors (Lipinski definition) is 1. The minimum atomic E-state index is -0.0828. The van der Waals surface area contributed by atoms with Gasteiger partial charge in [-0.05, 0) is 12.8 Å². The van der Waals surface area contributed by atoms with Gasteiger partial charge in [0.1, 0.15) is 6.61 Å². The molecular weight excluding hydrogens is 170 g/mol. The molecule has 0 bridgehead atoms. The zero-order valence-electron chi connectivity index (χ0n) is 7.40. The Morgan fingerprint density at radius 1 is 1.62 bits per heavy atom. The van der Waals surface area contributed by atoms with Crippen molar-refractivity contribution in [3.05, 3.63) is 17.5 Å². The van der Waals surface area contributed by atoms with Crippen molar-refractivity contribution in [2.45, 2.75) is 25.4 Å². The summed E-state index contributed by atoms with van der Waals surface area (Å²) in [6, 6.07) is 1.80. The number of nitrogens with zero attached hydrogens (tertiary/aromatic N) is 1. The highest BCUT2D eigenvalue weighted by Gasteiger charge is 2.19. The molecule has 1 fully saturated rings. The van der Waals surface area contributed by atoms with E-state index in [1.807, 2.05) is 0 Å². The van der Waals surface area contributed by atoms with Crippen molar-refractivity contribution in [1.82, 2.24) is 5.16 Å². The van der Waals surface area contributed by atoms with Gasteiger partial charge < -0.3 is 14.4 Å². The van der Waals surface area contributed by atoms with Gasteiger partial charge in [0.2, 0.25) is 0 Å². The van der Waals surface area contributed by atoms with Crippen LogP contribution in [0.5, 0.6) is 0 Å². The second-order valence-electron chi connectivity index (χ2n) is 3.29. The van der Waals surface area contributed by atoms with E-state index in [2.05, 4.69) is 5.16 Å². The van der Waals surface area contributed by atoms with E-state index in [4.69, 9.17) is 14.4 Å². The van der Waals surface area contributed by atoms with Gasteiger partial charge in [0.15, 0.2) is 5.76 Å². The predicted octanol–water partition coefficient (Wildman–Crippen LogP) is 1.06. The summed E-state index contributed by atoms with van der Waals surface area (Å²) < 4.78 is 10.2. The number of hydrogen-bond acceptors (Lipinski definition) is 4. The summed E-state index contributed by atoms with van der Waals surface area (Å²) in [5.41, 5.74) is 0.906. The molecule has 13 heavy (non-hydrogen) atoms. The Morgan fingerprint density at radius 2 is 2.54 bits per heavy atom. The zero-order chi connectivity index (χ0) is 9.10. The van der Waals surface area contributed by atoms with Gasteiger partial charge in [-0.2, -0.15) is 0 Å². The first-order valence-electron chi connectivity index (χ1n) is 4.54. The third-order valence-electron chi connectivity index (χ3n) is 2.31. The number of aliphatic hydroxyl groups excluding tert-OH is 1. The third-order valence-corrected chi connectivity index (χ3v) is 2.31. The molecule has 0 aliphatic carbocycles. The molecule has 0 saturated carbocycles. The molecule has 1 aliphatic rings. The van der Waals surface area contributed by atoms with E-state index in [0.717, 1.165) is 31.7 Å². The van der Waals surface area contributed by atoms with Crippen molar-refractivity contribution in [3.63, 3.8) is 0 Å². The Labute approximate surface area is 76.5 Å². The van der Waals surface area contributed by atoms with E-state index in [1.165, 1.54) is 0 Å². The van der Waals surface area contributed by atoms with E-state index in [-0.39, 0.29) is 6.61 Å². The van der Waals surface area contributed by atoms with Crippen molar-refractivity contribution in [2.75, 3.05) is 13.2 Å². The van der Waals surface area contributed by atoms with Crippen molar-refractivity contribution in [1.29, 1.82) is 0 Å². The molecule has 0 amide bonds. The second kappa shape index (κ2) is 3.89. The first kappa shape index (κ1) is 8.72. The highest BCUT2D eigenvalue weighted by Crippen LogP contribution is 2.24. The molecular formula is C9H13NO3. The van der Waals surface area contributed by atoms with Crippen LogP contribution < -0.4 is 0 Å². The van der Waals surface area contributed by atoms with Crippen LogP contribution in [0.25, 0.3) is 0 Å². The van der Waals surface area contributed by atoms with Crippen LogP contribution in [0.2, 0.25) is 0 Å². The summed E-state index contributed by atoms with van der Waals surface area (Å²) in [6.45, 7) is 1.49. The fourth-order valence-corrected chi connectivity index (χ4v) is 1.57. The highest BCUT2D eigenvalue weighted by atomic mass is 16.5. The Balaban J connectivity index is 2.05.